The first-order valence-electron chi connectivity index (χ1n) is 5.48. The summed E-state index contributed by atoms with van der Waals surface area (Å²) < 4.78 is 2.79. The van der Waals surface area contributed by atoms with Crippen LogP contribution < -0.4 is 0 Å². The summed E-state index contributed by atoms with van der Waals surface area (Å²) in [5.74, 6) is 0.759. The molecular weight excluding hydrogens is 256 g/mol. The summed E-state index contributed by atoms with van der Waals surface area (Å²) in [6, 6.07) is 0. The zero-order valence-corrected chi connectivity index (χ0v) is 10.6. The highest BCUT2D eigenvalue weighted by molar-refractivity contribution is 9.10. The van der Waals surface area contributed by atoms with Gasteiger partial charge in [0.05, 0.1) is 22.8 Å². The molecule has 1 fully saturated rings. The van der Waals surface area contributed by atoms with Crippen molar-refractivity contribution in [2.75, 3.05) is 0 Å². The third-order valence-corrected chi connectivity index (χ3v) is 3.67. The van der Waals surface area contributed by atoms with Gasteiger partial charge in [0.2, 0.25) is 0 Å². The Balaban J connectivity index is 1.99. The Morgan fingerprint density at radius 2 is 2.27 bits per heavy atom. The Labute approximate surface area is 98.6 Å². The van der Waals surface area contributed by atoms with Crippen LogP contribution in [-0.4, -0.2) is 20.5 Å². The average molecular weight is 273 g/mol. The highest BCUT2D eigenvalue weighted by Gasteiger charge is 2.32. The van der Waals surface area contributed by atoms with Gasteiger partial charge in [0.1, 0.15) is 0 Å². The molecule has 0 bridgehead atoms. The van der Waals surface area contributed by atoms with Crippen molar-refractivity contribution >= 4 is 15.9 Å². The minimum atomic E-state index is -0.544. The highest BCUT2D eigenvalue weighted by atomic mass is 79.9. The van der Waals surface area contributed by atoms with E-state index in [1.54, 1.807) is 6.20 Å². The predicted octanol–water partition coefficient (Wildman–Crippen LogP) is 2.59. The number of hydrogen-bond acceptors (Lipinski definition) is 2. The van der Waals surface area contributed by atoms with E-state index in [2.05, 4.69) is 28.0 Å². The van der Waals surface area contributed by atoms with E-state index in [1.807, 2.05) is 10.9 Å². The average Bonchev–Trinajstić information content (AvgIpc) is 2.57. The Kier molecular flexibility index (Phi) is 3.16. The summed E-state index contributed by atoms with van der Waals surface area (Å²) in [6.07, 6.45) is 7.71. The number of rotatable bonds is 2. The summed E-state index contributed by atoms with van der Waals surface area (Å²) in [5.41, 5.74) is -0.544. The topological polar surface area (TPSA) is 38.0 Å². The molecule has 1 saturated carbocycles. The van der Waals surface area contributed by atoms with Gasteiger partial charge in [-0.05, 0) is 47.5 Å². The SMILES string of the molecule is CC1CCC(O)(Cn2cc(Br)cn2)CC1. The lowest BCUT2D eigenvalue weighted by molar-refractivity contribution is -0.0243. The quantitative estimate of drug-likeness (QED) is 0.899. The van der Waals surface area contributed by atoms with Gasteiger partial charge in [-0.2, -0.15) is 5.10 Å². The second-order valence-electron chi connectivity index (χ2n) is 4.76. The van der Waals surface area contributed by atoms with Crippen molar-refractivity contribution in [3.8, 4) is 0 Å². The predicted molar refractivity (Wildman–Crippen MR) is 62.5 cm³/mol. The third kappa shape index (κ3) is 2.82. The summed E-state index contributed by atoms with van der Waals surface area (Å²) in [4.78, 5) is 0. The van der Waals surface area contributed by atoms with Gasteiger partial charge in [0, 0.05) is 6.20 Å². The summed E-state index contributed by atoms with van der Waals surface area (Å²) in [6.45, 7) is 2.87. The maximum atomic E-state index is 10.4. The van der Waals surface area contributed by atoms with Gasteiger partial charge >= 0.3 is 0 Å². The minimum Gasteiger partial charge on any atom is -0.388 e. The number of hydrogen-bond donors (Lipinski definition) is 1. The van der Waals surface area contributed by atoms with E-state index in [1.165, 1.54) is 0 Å². The Morgan fingerprint density at radius 1 is 1.60 bits per heavy atom. The largest absolute Gasteiger partial charge is 0.388 e. The van der Waals surface area contributed by atoms with Crippen LogP contribution in [0, 0.1) is 5.92 Å². The molecule has 0 saturated heterocycles. The van der Waals surface area contributed by atoms with E-state index in [0.29, 0.717) is 6.54 Å². The molecular formula is C11H17BrN2O. The molecule has 84 valence electrons. The lowest BCUT2D eigenvalue weighted by Crippen LogP contribution is -2.38. The lowest BCUT2D eigenvalue weighted by atomic mass is 9.79. The Morgan fingerprint density at radius 3 is 2.80 bits per heavy atom. The number of aromatic nitrogens is 2. The minimum absolute atomic E-state index is 0.544. The molecule has 1 heterocycles. The van der Waals surface area contributed by atoms with Crippen molar-refractivity contribution < 1.29 is 5.11 Å². The van der Waals surface area contributed by atoms with Crippen LogP contribution in [0.25, 0.3) is 0 Å². The molecule has 1 aromatic rings. The maximum absolute atomic E-state index is 10.4. The lowest BCUT2D eigenvalue weighted by Gasteiger charge is -2.34. The molecule has 0 atom stereocenters. The molecule has 1 aliphatic carbocycles. The van der Waals surface area contributed by atoms with Gasteiger partial charge < -0.3 is 5.11 Å². The molecule has 3 nitrogen and oxygen atoms in total. The Hall–Kier alpha value is -0.350. The fourth-order valence-corrected chi connectivity index (χ4v) is 2.51. The van der Waals surface area contributed by atoms with E-state index in [4.69, 9.17) is 0 Å². The van der Waals surface area contributed by atoms with Crippen LogP contribution in [0.4, 0.5) is 0 Å². The molecule has 1 aromatic heterocycles. The smallest absolute Gasteiger partial charge is 0.0843 e. The van der Waals surface area contributed by atoms with Crippen LogP contribution in [0.15, 0.2) is 16.9 Å². The molecule has 0 aliphatic heterocycles. The molecule has 4 heteroatoms. The molecule has 0 amide bonds. The zero-order valence-electron chi connectivity index (χ0n) is 8.99. The first-order valence-corrected chi connectivity index (χ1v) is 6.27. The molecule has 1 N–H and O–H groups in total. The molecule has 2 rings (SSSR count). The van der Waals surface area contributed by atoms with Crippen LogP contribution in [0.2, 0.25) is 0 Å². The Bertz CT molecular complexity index is 329. The first-order chi connectivity index (χ1) is 7.07. The summed E-state index contributed by atoms with van der Waals surface area (Å²) in [5, 5.41) is 14.6. The van der Waals surface area contributed by atoms with Gasteiger partial charge in [-0.25, -0.2) is 0 Å². The second kappa shape index (κ2) is 4.26. The van der Waals surface area contributed by atoms with Gasteiger partial charge in [-0.3, -0.25) is 4.68 Å². The van der Waals surface area contributed by atoms with Crippen LogP contribution in [0.1, 0.15) is 32.6 Å². The molecule has 1 aliphatic rings. The van der Waals surface area contributed by atoms with Crippen molar-refractivity contribution in [1.82, 2.24) is 9.78 Å². The maximum Gasteiger partial charge on any atom is 0.0843 e. The van der Waals surface area contributed by atoms with Crippen LogP contribution in [0.3, 0.4) is 0 Å². The van der Waals surface area contributed by atoms with E-state index in [-0.39, 0.29) is 0 Å². The van der Waals surface area contributed by atoms with Gasteiger partial charge in [-0.1, -0.05) is 6.92 Å². The normalized spacial score (nSPS) is 31.8. The first kappa shape index (κ1) is 11.1. The monoisotopic (exact) mass is 272 g/mol. The van der Waals surface area contributed by atoms with E-state index < -0.39 is 5.60 Å². The fourth-order valence-electron chi connectivity index (χ4n) is 2.18. The zero-order chi connectivity index (χ0) is 10.9. The van der Waals surface area contributed by atoms with E-state index in [9.17, 15) is 5.11 Å². The molecule has 0 radical (unpaired) electrons. The standard InChI is InChI=1S/C11H17BrN2O/c1-9-2-4-11(15,5-3-9)8-14-7-10(12)6-13-14/h6-7,9,15H,2-5,8H2,1H3. The van der Waals surface area contributed by atoms with Crippen LogP contribution >= 0.6 is 15.9 Å². The number of nitrogens with zero attached hydrogens (tertiary/aromatic N) is 2. The molecule has 0 spiro atoms. The van der Waals surface area contributed by atoms with Crippen molar-refractivity contribution in [3.63, 3.8) is 0 Å². The van der Waals surface area contributed by atoms with Crippen molar-refractivity contribution in [1.29, 1.82) is 0 Å². The fraction of sp³-hybridized carbons (Fsp3) is 0.727. The van der Waals surface area contributed by atoms with Gasteiger partial charge in [-0.15, -0.1) is 0 Å². The van der Waals surface area contributed by atoms with Crippen LogP contribution in [-0.2, 0) is 6.54 Å². The second-order valence-corrected chi connectivity index (χ2v) is 5.68. The number of halogens is 1. The van der Waals surface area contributed by atoms with E-state index in [0.717, 1.165) is 36.1 Å². The van der Waals surface area contributed by atoms with Crippen molar-refractivity contribution in [3.05, 3.63) is 16.9 Å². The number of aliphatic hydroxyl groups is 1. The van der Waals surface area contributed by atoms with Crippen molar-refractivity contribution in [2.45, 2.75) is 44.8 Å². The third-order valence-electron chi connectivity index (χ3n) is 3.26. The summed E-state index contributed by atoms with van der Waals surface area (Å²) in [7, 11) is 0. The van der Waals surface area contributed by atoms with E-state index >= 15 is 0 Å². The summed E-state index contributed by atoms with van der Waals surface area (Å²) >= 11 is 3.36. The molecule has 0 aromatic carbocycles. The van der Waals surface area contributed by atoms with Gasteiger partial charge in [0.15, 0.2) is 0 Å². The van der Waals surface area contributed by atoms with Crippen LogP contribution in [0.5, 0.6) is 0 Å². The highest BCUT2D eigenvalue weighted by Crippen LogP contribution is 2.32. The molecule has 15 heavy (non-hydrogen) atoms. The van der Waals surface area contributed by atoms with Gasteiger partial charge in [0.25, 0.3) is 0 Å². The van der Waals surface area contributed by atoms with Crippen molar-refractivity contribution in [2.24, 2.45) is 5.92 Å². The molecule has 0 unspecified atom stereocenters.